The Labute approximate surface area is 114 Å². The van der Waals surface area contributed by atoms with Gasteiger partial charge in [0.2, 0.25) is 10.0 Å². The van der Waals surface area contributed by atoms with Gasteiger partial charge in [-0.15, -0.1) is 0 Å². The normalized spacial score (nSPS) is 19.9. The largest absolute Gasteiger partial charge is 0.318 e. The van der Waals surface area contributed by atoms with E-state index in [-0.39, 0.29) is 5.41 Å². The van der Waals surface area contributed by atoms with Crippen LogP contribution < -0.4 is 5.32 Å². The van der Waals surface area contributed by atoms with Gasteiger partial charge in [0.15, 0.2) is 0 Å². The van der Waals surface area contributed by atoms with E-state index in [1.165, 1.54) is 6.20 Å². The summed E-state index contributed by atoms with van der Waals surface area (Å²) < 4.78 is 28.2. The smallest absolute Gasteiger partial charge is 0.246 e. The van der Waals surface area contributed by atoms with Gasteiger partial charge in [-0.05, 0) is 18.9 Å². The van der Waals surface area contributed by atoms with Crippen LogP contribution in [0.4, 0.5) is 0 Å². The number of rotatable bonds is 5. The lowest BCUT2D eigenvalue weighted by Crippen LogP contribution is -2.30. The van der Waals surface area contributed by atoms with Crippen molar-refractivity contribution in [3.8, 4) is 0 Å². The molecule has 1 N–H and O–H groups in total. The molecule has 7 heteroatoms. The van der Waals surface area contributed by atoms with Crippen molar-refractivity contribution in [2.24, 2.45) is 5.41 Å². The van der Waals surface area contributed by atoms with Crippen LogP contribution in [0.15, 0.2) is 17.3 Å². The number of hydrogen-bond acceptors (Lipinski definition) is 4. The van der Waals surface area contributed by atoms with Crippen LogP contribution in [0.1, 0.15) is 20.3 Å². The first-order valence-corrected chi connectivity index (χ1v) is 7.96. The van der Waals surface area contributed by atoms with Gasteiger partial charge in [-0.1, -0.05) is 13.8 Å². The monoisotopic (exact) mass is 286 g/mol. The van der Waals surface area contributed by atoms with E-state index in [0.717, 1.165) is 13.0 Å². The van der Waals surface area contributed by atoms with Crippen LogP contribution in [0.5, 0.6) is 0 Å². The summed E-state index contributed by atoms with van der Waals surface area (Å²) in [6.45, 7) is 6.79. The summed E-state index contributed by atoms with van der Waals surface area (Å²) in [5.41, 5.74) is 0.0647. The molecule has 108 valence electrons. The van der Waals surface area contributed by atoms with Crippen LogP contribution >= 0.6 is 0 Å². The number of hydrogen-bond donors (Lipinski definition) is 1. The van der Waals surface area contributed by atoms with Crippen LogP contribution in [-0.4, -0.2) is 49.2 Å². The van der Waals surface area contributed by atoms with Gasteiger partial charge in [0, 0.05) is 25.8 Å². The molecule has 0 amide bonds. The Balaban J connectivity index is 2.14. The Morgan fingerprint density at radius 3 is 2.79 bits per heavy atom. The fraction of sp³-hybridized carbons (Fsp3) is 0.750. The average molecular weight is 286 g/mol. The van der Waals surface area contributed by atoms with E-state index in [0.29, 0.717) is 24.5 Å². The van der Waals surface area contributed by atoms with Crippen LogP contribution in [0, 0.1) is 5.41 Å². The van der Waals surface area contributed by atoms with Gasteiger partial charge in [0.05, 0.1) is 12.7 Å². The predicted molar refractivity (Wildman–Crippen MR) is 73.3 cm³/mol. The number of aromatic nitrogens is 2. The highest BCUT2D eigenvalue weighted by Crippen LogP contribution is 2.32. The highest BCUT2D eigenvalue weighted by molar-refractivity contribution is 7.89. The number of likely N-dealkylation sites (N-methyl/N-ethyl adjacent to an activating group) is 1. The summed E-state index contributed by atoms with van der Waals surface area (Å²) in [7, 11) is -1.53. The molecule has 1 aliphatic rings. The van der Waals surface area contributed by atoms with Gasteiger partial charge in [-0.3, -0.25) is 4.68 Å². The summed E-state index contributed by atoms with van der Waals surface area (Å²) in [5.74, 6) is 0. The first-order chi connectivity index (χ1) is 8.85. The zero-order chi connectivity index (χ0) is 14.1. The Bertz CT molecular complexity index is 536. The second-order valence-electron chi connectivity index (χ2n) is 5.80. The average Bonchev–Trinajstić information content (AvgIpc) is 2.93. The SMILES string of the molecule is CNCCn1cc(S(=O)(=O)N2CCC(C)(C)C2)cn1. The van der Waals surface area contributed by atoms with Crippen LogP contribution in [0.3, 0.4) is 0 Å². The topological polar surface area (TPSA) is 67.2 Å². The van der Waals surface area contributed by atoms with Gasteiger partial charge < -0.3 is 5.32 Å². The third kappa shape index (κ3) is 3.16. The zero-order valence-corrected chi connectivity index (χ0v) is 12.6. The fourth-order valence-corrected chi connectivity index (χ4v) is 3.83. The van der Waals surface area contributed by atoms with Crippen molar-refractivity contribution in [2.75, 3.05) is 26.7 Å². The molecule has 2 heterocycles. The molecule has 2 rings (SSSR count). The number of nitrogens with one attached hydrogen (secondary N) is 1. The molecule has 1 aliphatic heterocycles. The van der Waals surface area contributed by atoms with Crippen molar-refractivity contribution in [1.29, 1.82) is 0 Å². The van der Waals surface area contributed by atoms with Crippen molar-refractivity contribution >= 4 is 10.0 Å². The second kappa shape index (κ2) is 5.22. The molecule has 0 unspecified atom stereocenters. The molecule has 0 atom stereocenters. The van der Waals surface area contributed by atoms with Crippen molar-refractivity contribution in [1.82, 2.24) is 19.4 Å². The first-order valence-electron chi connectivity index (χ1n) is 6.52. The third-order valence-corrected chi connectivity index (χ3v) is 5.28. The lowest BCUT2D eigenvalue weighted by molar-refractivity contribution is 0.375. The van der Waals surface area contributed by atoms with Crippen molar-refractivity contribution < 1.29 is 8.42 Å². The summed E-state index contributed by atoms with van der Waals surface area (Å²) in [6.07, 6.45) is 3.95. The van der Waals surface area contributed by atoms with Gasteiger partial charge in [0.1, 0.15) is 4.90 Å². The summed E-state index contributed by atoms with van der Waals surface area (Å²) in [5, 5.41) is 7.11. The minimum absolute atomic E-state index is 0.0647. The molecule has 0 spiro atoms. The maximum Gasteiger partial charge on any atom is 0.246 e. The molecule has 19 heavy (non-hydrogen) atoms. The van der Waals surface area contributed by atoms with E-state index in [1.54, 1.807) is 15.2 Å². The molecular formula is C12H22N4O2S. The molecule has 0 aromatic carbocycles. The Kier molecular flexibility index (Phi) is 3.98. The Morgan fingerprint density at radius 2 is 2.21 bits per heavy atom. The number of sulfonamides is 1. The van der Waals surface area contributed by atoms with Crippen LogP contribution in [0.2, 0.25) is 0 Å². The quantitative estimate of drug-likeness (QED) is 0.857. The standard InChI is InChI=1S/C12H22N4O2S/c1-12(2)4-6-16(10-12)19(17,18)11-8-14-15(9-11)7-5-13-3/h8-9,13H,4-7,10H2,1-3H3. The molecule has 0 aliphatic carbocycles. The predicted octanol–water partition coefficient (Wildman–Crippen LogP) is 0.523. The Morgan fingerprint density at radius 1 is 1.47 bits per heavy atom. The minimum atomic E-state index is -3.38. The lowest BCUT2D eigenvalue weighted by atomic mass is 9.93. The highest BCUT2D eigenvalue weighted by atomic mass is 32.2. The summed E-state index contributed by atoms with van der Waals surface area (Å²) >= 11 is 0. The summed E-state index contributed by atoms with van der Waals surface area (Å²) in [4.78, 5) is 0.293. The molecule has 0 bridgehead atoms. The van der Waals surface area contributed by atoms with Crippen molar-refractivity contribution in [2.45, 2.75) is 31.7 Å². The molecule has 6 nitrogen and oxygen atoms in total. The molecule has 1 aromatic rings. The van der Waals surface area contributed by atoms with Crippen LogP contribution in [-0.2, 0) is 16.6 Å². The molecule has 1 saturated heterocycles. The Hall–Kier alpha value is -0.920. The molecule has 0 saturated carbocycles. The second-order valence-corrected chi connectivity index (χ2v) is 7.73. The van der Waals surface area contributed by atoms with E-state index in [2.05, 4.69) is 24.3 Å². The lowest BCUT2D eigenvalue weighted by Gasteiger charge is -2.18. The molecule has 0 radical (unpaired) electrons. The van der Waals surface area contributed by atoms with Gasteiger partial charge >= 0.3 is 0 Å². The number of nitrogens with zero attached hydrogens (tertiary/aromatic N) is 3. The highest BCUT2D eigenvalue weighted by Gasteiger charge is 2.37. The maximum atomic E-state index is 12.5. The first kappa shape index (κ1) is 14.5. The van der Waals surface area contributed by atoms with E-state index in [1.807, 2.05) is 7.05 Å². The molecular weight excluding hydrogens is 264 g/mol. The van der Waals surface area contributed by atoms with E-state index >= 15 is 0 Å². The van der Waals surface area contributed by atoms with Gasteiger partial charge in [-0.2, -0.15) is 9.40 Å². The van der Waals surface area contributed by atoms with Gasteiger partial charge in [-0.25, -0.2) is 8.42 Å². The molecule has 1 fully saturated rings. The van der Waals surface area contributed by atoms with Crippen molar-refractivity contribution in [3.63, 3.8) is 0 Å². The third-order valence-electron chi connectivity index (χ3n) is 3.48. The fourth-order valence-electron chi connectivity index (χ4n) is 2.24. The van der Waals surface area contributed by atoms with E-state index < -0.39 is 10.0 Å². The van der Waals surface area contributed by atoms with E-state index in [4.69, 9.17) is 0 Å². The van der Waals surface area contributed by atoms with E-state index in [9.17, 15) is 8.42 Å². The van der Waals surface area contributed by atoms with Crippen molar-refractivity contribution in [3.05, 3.63) is 12.4 Å². The molecule has 1 aromatic heterocycles. The van der Waals surface area contributed by atoms with Crippen LogP contribution in [0.25, 0.3) is 0 Å². The van der Waals surface area contributed by atoms with Gasteiger partial charge in [0.25, 0.3) is 0 Å². The summed E-state index contributed by atoms with van der Waals surface area (Å²) in [6, 6.07) is 0. The maximum absolute atomic E-state index is 12.5. The minimum Gasteiger partial charge on any atom is -0.318 e. The zero-order valence-electron chi connectivity index (χ0n) is 11.8.